The molecule has 0 spiro atoms. The third-order valence-corrected chi connectivity index (χ3v) is 4.53. The highest BCUT2D eigenvalue weighted by Gasteiger charge is 2.15. The number of carbonyl (C=O) groups excluding carboxylic acids is 2. The average Bonchev–Trinajstić information content (AvgIpc) is 2.70. The van der Waals surface area contributed by atoms with Gasteiger partial charge in [-0.1, -0.05) is 36.4 Å². The number of nitrogens with zero attached hydrogens (tertiary/aromatic N) is 1. The standard InChI is InChI=1S/C23H23N3O2/c1-16-7-5-8-17(2)22(16)26-23(28)19-10-3-4-11-20(19)25-21(27)13-12-18-9-6-14-24-15-18/h3-11,14-15H,12-13H2,1-2H3,(H,25,27)(H,26,28). The van der Waals surface area contributed by atoms with Gasteiger partial charge >= 0.3 is 0 Å². The molecule has 0 aliphatic carbocycles. The van der Waals surface area contributed by atoms with E-state index in [0.717, 1.165) is 22.4 Å². The second-order valence-corrected chi connectivity index (χ2v) is 6.68. The quantitative estimate of drug-likeness (QED) is 0.667. The second-order valence-electron chi connectivity index (χ2n) is 6.68. The summed E-state index contributed by atoms with van der Waals surface area (Å²) in [5, 5.41) is 5.82. The first-order chi connectivity index (χ1) is 13.5. The molecule has 0 unspecified atom stereocenters. The highest BCUT2D eigenvalue weighted by molar-refractivity contribution is 6.10. The zero-order chi connectivity index (χ0) is 19.9. The van der Waals surface area contributed by atoms with Gasteiger partial charge in [0.25, 0.3) is 5.91 Å². The van der Waals surface area contributed by atoms with Crippen molar-refractivity contribution in [1.82, 2.24) is 4.98 Å². The highest BCUT2D eigenvalue weighted by atomic mass is 16.2. The van der Waals surface area contributed by atoms with E-state index in [4.69, 9.17) is 0 Å². The van der Waals surface area contributed by atoms with E-state index in [1.807, 2.05) is 44.2 Å². The summed E-state index contributed by atoms with van der Waals surface area (Å²) in [6.07, 6.45) is 4.36. The first-order valence-electron chi connectivity index (χ1n) is 9.20. The lowest BCUT2D eigenvalue weighted by molar-refractivity contribution is -0.116. The Labute approximate surface area is 164 Å². The zero-order valence-corrected chi connectivity index (χ0v) is 16.0. The van der Waals surface area contributed by atoms with Gasteiger partial charge in [0.05, 0.1) is 11.3 Å². The normalized spacial score (nSPS) is 10.4. The number of aryl methyl sites for hydroxylation is 3. The summed E-state index contributed by atoms with van der Waals surface area (Å²) < 4.78 is 0. The second kappa shape index (κ2) is 8.95. The van der Waals surface area contributed by atoms with Gasteiger partial charge in [-0.3, -0.25) is 14.6 Å². The molecule has 0 atom stereocenters. The van der Waals surface area contributed by atoms with Crippen LogP contribution in [0.5, 0.6) is 0 Å². The molecule has 5 nitrogen and oxygen atoms in total. The van der Waals surface area contributed by atoms with E-state index in [-0.39, 0.29) is 11.8 Å². The van der Waals surface area contributed by atoms with Gasteiger partial charge in [-0.15, -0.1) is 0 Å². The molecule has 3 aromatic rings. The minimum Gasteiger partial charge on any atom is -0.325 e. The summed E-state index contributed by atoms with van der Waals surface area (Å²) in [6.45, 7) is 3.91. The number of rotatable bonds is 6. The van der Waals surface area contributed by atoms with Crippen LogP contribution in [-0.2, 0) is 11.2 Å². The van der Waals surface area contributed by atoms with Crippen LogP contribution in [0.4, 0.5) is 11.4 Å². The summed E-state index contributed by atoms with van der Waals surface area (Å²) in [4.78, 5) is 29.2. The predicted molar refractivity (Wildman–Crippen MR) is 111 cm³/mol. The number of amides is 2. The van der Waals surface area contributed by atoms with Crippen molar-refractivity contribution < 1.29 is 9.59 Å². The van der Waals surface area contributed by atoms with Crippen molar-refractivity contribution in [3.63, 3.8) is 0 Å². The predicted octanol–water partition coefficient (Wildman–Crippen LogP) is 4.52. The van der Waals surface area contributed by atoms with Crippen LogP contribution in [-0.4, -0.2) is 16.8 Å². The molecule has 0 aliphatic rings. The van der Waals surface area contributed by atoms with E-state index in [0.29, 0.717) is 24.1 Å². The minimum atomic E-state index is -0.249. The van der Waals surface area contributed by atoms with Crippen LogP contribution >= 0.6 is 0 Å². The van der Waals surface area contributed by atoms with E-state index in [9.17, 15) is 9.59 Å². The number of nitrogens with one attached hydrogen (secondary N) is 2. The number of anilines is 2. The van der Waals surface area contributed by atoms with Gasteiger partial charge in [-0.05, 0) is 55.2 Å². The maximum atomic E-state index is 12.8. The van der Waals surface area contributed by atoms with Gasteiger partial charge in [0, 0.05) is 24.5 Å². The monoisotopic (exact) mass is 373 g/mol. The van der Waals surface area contributed by atoms with Crippen molar-refractivity contribution in [1.29, 1.82) is 0 Å². The van der Waals surface area contributed by atoms with Crippen molar-refractivity contribution in [2.75, 3.05) is 10.6 Å². The van der Waals surface area contributed by atoms with Gasteiger partial charge in [0.1, 0.15) is 0 Å². The average molecular weight is 373 g/mol. The lowest BCUT2D eigenvalue weighted by atomic mass is 10.1. The largest absolute Gasteiger partial charge is 0.325 e. The van der Waals surface area contributed by atoms with Crippen LogP contribution in [0.1, 0.15) is 33.5 Å². The van der Waals surface area contributed by atoms with E-state index < -0.39 is 0 Å². The molecular formula is C23H23N3O2. The van der Waals surface area contributed by atoms with Crippen LogP contribution in [0.15, 0.2) is 67.0 Å². The Morgan fingerprint density at radius 2 is 1.64 bits per heavy atom. The highest BCUT2D eigenvalue weighted by Crippen LogP contribution is 2.22. The smallest absolute Gasteiger partial charge is 0.257 e. The Balaban J connectivity index is 1.70. The number of para-hydroxylation sites is 2. The molecule has 142 valence electrons. The van der Waals surface area contributed by atoms with Gasteiger partial charge in [-0.25, -0.2) is 0 Å². The summed E-state index contributed by atoms with van der Waals surface area (Å²) in [5.41, 5.74) is 4.71. The summed E-state index contributed by atoms with van der Waals surface area (Å²) in [5.74, 6) is -0.392. The van der Waals surface area contributed by atoms with Gasteiger partial charge in [0.15, 0.2) is 0 Å². The number of aromatic nitrogens is 1. The van der Waals surface area contributed by atoms with Crippen molar-refractivity contribution in [3.05, 3.63) is 89.2 Å². The van der Waals surface area contributed by atoms with Crippen LogP contribution in [0, 0.1) is 13.8 Å². The fraction of sp³-hybridized carbons (Fsp3) is 0.174. The Hall–Kier alpha value is -3.47. The Bertz CT molecular complexity index is 964. The van der Waals surface area contributed by atoms with Crippen molar-refractivity contribution >= 4 is 23.2 Å². The molecule has 0 saturated heterocycles. The van der Waals surface area contributed by atoms with E-state index >= 15 is 0 Å². The molecule has 0 fully saturated rings. The zero-order valence-electron chi connectivity index (χ0n) is 16.0. The van der Waals surface area contributed by atoms with E-state index in [1.54, 1.807) is 36.7 Å². The Morgan fingerprint density at radius 3 is 2.36 bits per heavy atom. The molecule has 0 aliphatic heterocycles. The first kappa shape index (κ1) is 19.3. The SMILES string of the molecule is Cc1cccc(C)c1NC(=O)c1ccccc1NC(=O)CCc1cccnc1. The third-order valence-electron chi connectivity index (χ3n) is 4.53. The van der Waals surface area contributed by atoms with Crippen molar-refractivity contribution in [2.24, 2.45) is 0 Å². The molecule has 28 heavy (non-hydrogen) atoms. The lowest BCUT2D eigenvalue weighted by Gasteiger charge is -2.14. The molecule has 3 rings (SSSR count). The summed E-state index contributed by atoms with van der Waals surface area (Å²) >= 11 is 0. The first-order valence-corrected chi connectivity index (χ1v) is 9.20. The maximum absolute atomic E-state index is 12.8. The molecule has 2 N–H and O–H groups in total. The molecule has 2 amide bonds. The van der Waals surface area contributed by atoms with Crippen molar-refractivity contribution in [2.45, 2.75) is 26.7 Å². The van der Waals surface area contributed by atoms with Crippen LogP contribution in [0.25, 0.3) is 0 Å². The third kappa shape index (κ3) is 4.82. The van der Waals surface area contributed by atoms with E-state index in [2.05, 4.69) is 15.6 Å². The minimum absolute atomic E-state index is 0.142. The molecular weight excluding hydrogens is 350 g/mol. The fourth-order valence-electron chi connectivity index (χ4n) is 3.00. The fourth-order valence-corrected chi connectivity index (χ4v) is 3.00. The van der Waals surface area contributed by atoms with Gasteiger partial charge in [-0.2, -0.15) is 0 Å². The molecule has 0 saturated carbocycles. The van der Waals surface area contributed by atoms with Gasteiger partial charge in [0.2, 0.25) is 5.91 Å². The van der Waals surface area contributed by atoms with Crippen LogP contribution in [0.3, 0.4) is 0 Å². The molecule has 0 bridgehead atoms. The number of carbonyl (C=O) groups is 2. The molecule has 2 aromatic carbocycles. The van der Waals surface area contributed by atoms with Gasteiger partial charge < -0.3 is 10.6 Å². The number of pyridine rings is 1. The van der Waals surface area contributed by atoms with E-state index in [1.165, 1.54) is 0 Å². The number of hydrogen-bond acceptors (Lipinski definition) is 3. The molecule has 5 heteroatoms. The van der Waals surface area contributed by atoms with Crippen molar-refractivity contribution in [3.8, 4) is 0 Å². The molecule has 0 radical (unpaired) electrons. The molecule has 1 heterocycles. The number of benzene rings is 2. The number of hydrogen-bond donors (Lipinski definition) is 2. The topological polar surface area (TPSA) is 71.1 Å². The Kier molecular flexibility index (Phi) is 6.17. The Morgan fingerprint density at radius 1 is 0.893 bits per heavy atom. The lowest BCUT2D eigenvalue weighted by Crippen LogP contribution is -2.19. The summed E-state index contributed by atoms with van der Waals surface area (Å²) in [6, 6.07) is 16.7. The van der Waals surface area contributed by atoms with Crippen LogP contribution < -0.4 is 10.6 Å². The molecule has 1 aromatic heterocycles. The summed E-state index contributed by atoms with van der Waals surface area (Å²) in [7, 11) is 0. The van der Waals surface area contributed by atoms with Crippen LogP contribution in [0.2, 0.25) is 0 Å². The maximum Gasteiger partial charge on any atom is 0.257 e.